The zero-order chi connectivity index (χ0) is 45.3. The fraction of sp³-hybridized carbons (Fsp3) is 0.449. The number of nitrogens with zero attached hydrogens (tertiary/aromatic N) is 3. The molecule has 0 atom stereocenters. The molecule has 15 heteroatoms. The van der Waals surface area contributed by atoms with Gasteiger partial charge in [0.2, 0.25) is 5.13 Å². The van der Waals surface area contributed by atoms with Gasteiger partial charge in [0.05, 0.1) is 60.4 Å². The Labute approximate surface area is 377 Å². The largest absolute Gasteiger partial charge is 0.494 e. The summed E-state index contributed by atoms with van der Waals surface area (Å²) in [6.07, 6.45) is 11.0. The Morgan fingerprint density at radius 1 is 0.719 bits per heavy atom. The van der Waals surface area contributed by atoms with Gasteiger partial charge < -0.3 is 28.4 Å². The smallest absolute Gasteiger partial charge is 0.330 e. The first-order valence-electron chi connectivity index (χ1n) is 22.2. The summed E-state index contributed by atoms with van der Waals surface area (Å²) in [6, 6.07) is 19.6. The molecule has 0 unspecified atom stereocenters. The molecular formula is C49H57N3O11S. The lowest BCUT2D eigenvalue weighted by Crippen LogP contribution is -2.30. The van der Waals surface area contributed by atoms with E-state index in [0.29, 0.717) is 93.3 Å². The summed E-state index contributed by atoms with van der Waals surface area (Å²) in [6.45, 7) is 6.94. The molecule has 2 saturated carbocycles. The third-order valence-electron chi connectivity index (χ3n) is 11.4. The SMILES string of the molecule is C=CC(=O)OCCCCCCOc1ccc(OC(=O)[C@H]2CC[C@H](C(=O)Oc3ccc(OC(=O)[C@H]4CC[C@H](C(=O)OC)CC4)c(/C=N/N(CCC)c4nc5ccccc5s4)c3)CC2)cc1. The van der Waals surface area contributed by atoms with E-state index in [1.807, 2.05) is 31.2 Å². The van der Waals surface area contributed by atoms with Crippen molar-refractivity contribution in [2.45, 2.75) is 90.4 Å². The summed E-state index contributed by atoms with van der Waals surface area (Å²) < 4.78 is 34.3. The van der Waals surface area contributed by atoms with Crippen LogP contribution in [-0.2, 0) is 33.4 Å². The van der Waals surface area contributed by atoms with Crippen LogP contribution in [0, 0.1) is 23.7 Å². The third kappa shape index (κ3) is 13.7. The number of carbonyl (C=O) groups is 5. The topological polar surface area (TPSA) is 169 Å². The average molecular weight is 896 g/mol. The Morgan fingerprint density at radius 2 is 1.28 bits per heavy atom. The molecule has 0 saturated heterocycles. The maximum atomic E-state index is 13.5. The number of methoxy groups -OCH3 is 1. The summed E-state index contributed by atoms with van der Waals surface area (Å²) in [7, 11) is 1.37. The number of para-hydroxylation sites is 1. The number of ether oxygens (including phenoxy) is 6. The van der Waals surface area contributed by atoms with Crippen molar-refractivity contribution in [1.29, 1.82) is 0 Å². The monoisotopic (exact) mass is 895 g/mol. The van der Waals surface area contributed by atoms with Gasteiger partial charge in [-0.2, -0.15) is 5.10 Å². The van der Waals surface area contributed by atoms with Gasteiger partial charge >= 0.3 is 29.8 Å². The number of hydrogen-bond acceptors (Lipinski definition) is 15. The van der Waals surface area contributed by atoms with E-state index in [9.17, 15) is 24.0 Å². The minimum absolute atomic E-state index is 0.227. The molecule has 2 fully saturated rings. The van der Waals surface area contributed by atoms with Gasteiger partial charge in [-0.05, 0) is 138 Å². The van der Waals surface area contributed by atoms with Crippen LogP contribution in [0.4, 0.5) is 5.13 Å². The van der Waals surface area contributed by atoms with Crippen molar-refractivity contribution >= 4 is 62.7 Å². The number of unbranched alkanes of at least 4 members (excludes halogenated alkanes) is 3. The molecule has 0 aliphatic heterocycles. The highest BCUT2D eigenvalue weighted by Crippen LogP contribution is 2.35. The number of fused-ring (bicyclic) bond motifs is 1. The number of thiazole rings is 1. The number of anilines is 1. The van der Waals surface area contributed by atoms with Crippen molar-refractivity contribution in [3.63, 3.8) is 0 Å². The molecule has 0 N–H and O–H groups in total. The molecule has 340 valence electrons. The Kier molecular flexibility index (Phi) is 17.8. The van der Waals surface area contributed by atoms with E-state index >= 15 is 0 Å². The van der Waals surface area contributed by atoms with Crippen LogP contribution in [-0.4, -0.2) is 67.9 Å². The predicted molar refractivity (Wildman–Crippen MR) is 243 cm³/mol. The predicted octanol–water partition coefficient (Wildman–Crippen LogP) is 9.42. The zero-order valence-corrected chi connectivity index (χ0v) is 37.4. The molecule has 3 aromatic carbocycles. The summed E-state index contributed by atoms with van der Waals surface area (Å²) in [4.78, 5) is 68.0. The molecule has 14 nitrogen and oxygen atoms in total. The Bertz CT molecular complexity index is 2210. The van der Waals surface area contributed by atoms with Crippen molar-refractivity contribution in [3.8, 4) is 23.0 Å². The second-order valence-electron chi connectivity index (χ2n) is 16.0. The molecule has 0 bridgehead atoms. The molecular weight excluding hydrogens is 839 g/mol. The second kappa shape index (κ2) is 24.1. The van der Waals surface area contributed by atoms with Crippen molar-refractivity contribution < 1.29 is 52.4 Å². The average Bonchev–Trinajstić information content (AvgIpc) is 3.76. The van der Waals surface area contributed by atoms with E-state index in [0.717, 1.165) is 48.4 Å². The van der Waals surface area contributed by atoms with Gasteiger partial charge in [0.1, 0.15) is 23.0 Å². The zero-order valence-electron chi connectivity index (χ0n) is 36.6. The molecule has 0 spiro atoms. The highest BCUT2D eigenvalue weighted by Gasteiger charge is 2.34. The quantitative estimate of drug-likeness (QED) is 0.0194. The van der Waals surface area contributed by atoms with Crippen LogP contribution in [0.15, 0.2) is 84.5 Å². The number of benzene rings is 3. The normalized spacial score (nSPS) is 18.5. The fourth-order valence-corrected chi connectivity index (χ4v) is 8.72. The van der Waals surface area contributed by atoms with Crippen molar-refractivity contribution in [2.24, 2.45) is 28.8 Å². The van der Waals surface area contributed by atoms with Gasteiger partial charge in [-0.1, -0.05) is 37.0 Å². The number of rotatable bonds is 21. The van der Waals surface area contributed by atoms with E-state index in [2.05, 4.69) is 6.58 Å². The minimum atomic E-state index is -0.413. The number of hydrazone groups is 1. The Balaban J connectivity index is 1.02. The molecule has 64 heavy (non-hydrogen) atoms. The maximum absolute atomic E-state index is 13.5. The van der Waals surface area contributed by atoms with Gasteiger partial charge in [0, 0.05) is 18.2 Å². The molecule has 0 radical (unpaired) electrons. The highest BCUT2D eigenvalue weighted by atomic mass is 32.1. The van der Waals surface area contributed by atoms with Gasteiger partial charge in [-0.3, -0.25) is 19.2 Å². The number of hydrogen-bond donors (Lipinski definition) is 0. The third-order valence-corrected chi connectivity index (χ3v) is 12.5. The van der Waals surface area contributed by atoms with E-state index in [1.54, 1.807) is 53.7 Å². The highest BCUT2D eigenvalue weighted by molar-refractivity contribution is 7.22. The van der Waals surface area contributed by atoms with E-state index < -0.39 is 23.8 Å². The second-order valence-corrected chi connectivity index (χ2v) is 17.0. The first-order valence-corrected chi connectivity index (χ1v) is 23.0. The minimum Gasteiger partial charge on any atom is -0.494 e. The van der Waals surface area contributed by atoms with Crippen LogP contribution < -0.4 is 24.0 Å². The van der Waals surface area contributed by atoms with Crippen LogP contribution in [0.2, 0.25) is 0 Å². The van der Waals surface area contributed by atoms with Gasteiger partial charge in [-0.15, -0.1) is 0 Å². The van der Waals surface area contributed by atoms with E-state index in [1.165, 1.54) is 18.4 Å². The molecule has 2 aliphatic carbocycles. The van der Waals surface area contributed by atoms with Gasteiger partial charge in [0.15, 0.2) is 0 Å². The maximum Gasteiger partial charge on any atom is 0.330 e. The van der Waals surface area contributed by atoms with Crippen molar-refractivity contribution in [3.05, 3.63) is 84.9 Å². The van der Waals surface area contributed by atoms with Crippen LogP contribution >= 0.6 is 11.3 Å². The van der Waals surface area contributed by atoms with Crippen molar-refractivity contribution in [1.82, 2.24) is 4.98 Å². The Hall–Kier alpha value is -6.09. The first kappa shape index (κ1) is 47.4. The molecule has 4 aromatic rings. The lowest BCUT2D eigenvalue weighted by molar-refractivity contribution is -0.149. The van der Waals surface area contributed by atoms with Gasteiger partial charge in [0.25, 0.3) is 0 Å². The number of esters is 5. The van der Waals surface area contributed by atoms with Crippen LogP contribution in [0.25, 0.3) is 10.2 Å². The molecule has 2 aliphatic rings. The summed E-state index contributed by atoms with van der Waals surface area (Å²) in [5.41, 5.74) is 1.31. The summed E-state index contributed by atoms with van der Waals surface area (Å²) in [5.74, 6) is -1.56. The summed E-state index contributed by atoms with van der Waals surface area (Å²) >= 11 is 1.52. The van der Waals surface area contributed by atoms with Crippen LogP contribution in [0.5, 0.6) is 23.0 Å². The first-order chi connectivity index (χ1) is 31.1. The standard InChI is InChI=1S/C49H57N3O11S/c1-4-28-52(49-51-41-12-8-9-13-43(41)64-49)50-32-37-31-40(26-27-42(37)63-48(57)36-16-14-33(15-17-36)45(54)58-3)62-47(56)35-20-18-34(19-21-35)46(55)61-39-24-22-38(23-25-39)59-29-10-6-7-11-30-60-44(53)5-2/h5,8-9,12-13,22-27,31-36H,2,4,6-7,10-11,14-21,28-30H2,1,3H3/b50-32+/t33-,34-,35-,36-. The molecule has 0 amide bonds. The fourth-order valence-electron chi connectivity index (χ4n) is 7.77. The Morgan fingerprint density at radius 3 is 1.89 bits per heavy atom. The van der Waals surface area contributed by atoms with E-state index in [-0.39, 0.29) is 41.2 Å². The van der Waals surface area contributed by atoms with Crippen LogP contribution in [0.1, 0.15) is 96.0 Å². The van der Waals surface area contributed by atoms with Crippen molar-refractivity contribution in [2.75, 3.05) is 31.9 Å². The molecule has 6 rings (SSSR count). The number of aromatic nitrogens is 1. The van der Waals surface area contributed by atoms with Crippen LogP contribution in [0.3, 0.4) is 0 Å². The molecule has 1 aromatic heterocycles. The lowest BCUT2D eigenvalue weighted by Gasteiger charge is -2.26. The lowest BCUT2D eigenvalue weighted by atomic mass is 9.82. The number of carbonyl (C=O) groups excluding carboxylic acids is 5. The summed E-state index contributed by atoms with van der Waals surface area (Å²) in [5, 5.41) is 7.30. The molecule has 1 heterocycles. The van der Waals surface area contributed by atoms with E-state index in [4.69, 9.17) is 38.5 Å². The van der Waals surface area contributed by atoms with Gasteiger partial charge in [-0.25, -0.2) is 14.8 Å².